The van der Waals surface area contributed by atoms with Crippen molar-refractivity contribution in [2.24, 2.45) is 0 Å². The molecule has 0 aromatic rings. The SMILES string of the molecule is O=COCCCCCCCCCCCCCCC(=O)N[C@@H](CCCCNC(=O)CCC(=O)ON1C(=O)CCC1=O)C(=O)O. The second kappa shape index (κ2) is 24.0. The first-order chi connectivity index (χ1) is 20.7. The number of hydrogen-bond acceptors (Lipinski definition) is 9. The number of imide groups is 1. The Morgan fingerprint density at radius 2 is 1.30 bits per heavy atom. The molecule has 1 heterocycles. The zero-order valence-corrected chi connectivity index (χ0v) is 25.3. The molecule has 244 valence electrons. The van der Waals surface area contributed by atoms with Gasteiger partial charge in [0.25, 0.3) is 18.3 Å². The average Bonchev–Trinajstić information content (AvgIpc) is 3.29. The first-order valence-electron chi connectivity index (χ1n) is 15.6. The van der Waals surface area contributed by atoms with Gasteiger partial charge in [0.15, 0.2) is 0 Å². The Morgan fingerprint density at radius 1 is 0.744 bits per heavy atom. The van der Waals surface area contributed by atoms with Gasteiger partial charge in [-0.2, -0.15) is 0 Å². The van der Waals surface area contributed by atoms with Gasteiger partial charge in [0, 0.05) is 32.2 Å². The Labute approximate surface area is 253 Å². The molecule has 13 nitrogen and oxygen atoms in total. The lowest BCUT2D eigenvalue weighted by atomic mass is 10.0. The number of aliphatic carboxylic acids is 1. The second-order valence-corrected chi connectivity index (χ2v) is 10.8. The summed E-state index contributed by atoms with van der Waals surface area (Å²) < 4.78 is 4.67. The van der Waals surface area contributed by atoms with Crippen LogP contribution in [-0.2, 0) is 43.1 Å². The second-order valence-electron chi connectivity index (χ2n) is 10.8. The van der Waals surface area contributed by atoms with Gasteiger partial charge in [0.2, 0.25) is 11.8 Å². The summed E-state index contributed by atoms with van der Waals surface area (Å²) in [4.78, 5) is 85.1. The van der Waals surface area contributed by atoms with E-state index < -0.39 is 35.7 Å². The standard InChI is InChI=1S/C30H49N3O10/c34-23-42-22-14-10-8-6-4-2-1-3-5-7-9-11-16-26(36)32-24(30(40)41)15-12-13-21-31-25(35)17-20-29(39)43-33-27(37)18-19-28(33)38/h23-24H,1-22H2,(H,31,35)(H,32,36)(H,40,41)/t24-/m0/s1. The fourth-order valence-electron chi connectivity index (χ4n) is 4.62. The molecule has 1 aliphatic heterocycles. The van der Waals surface area contributed by atoms with Crippen LogP contribution in [0.25, 0.3) is 0 Å². The van der Waals surface area contributed by atoms with E-state index in [4.69, 9.17) is 4.84 Å². The minimum Gasteiger partial charge on any atom is -0.480 e. The molecule has 0 unspecified atom stereocenters. The van der Waals surface area contributed by atoms with Gasteiger partial charge < -0.3 is 25.3 Å². The van der Waals surface area contributed by atoms with Crippen LogP contribution in [0.3, 0.4) is 0 Å². The van der Waals surface area contributed by atoms with E-state index in [9.17, 15) is 38.7 Å². The largest absolute Gasteiger partial charge is 0.480 e. The highest BCUT2D eigenvalue weighted by molar-refractivity contribution is 6.01. The third-order valence-corrected chi connectivity index (χ3v) is 7.11. The normalized spacial score (nSPS) is 13.4. The number of unbranched alkanes of at least 4 members (excludes halogenated alkanes) is 12. The molecule has 3 N–H and O–H groups in total. The highest BCUT2D eigenvalue weighted by Gasteiger charge is 2.32. The molecule has 1 atom stereocenters. The van der Waals surface area contributed by atoms with E-state index >= 15 is 0 Å². The summed E-state index contributed by atoms with van der Waals surface area (Å²) in [6.45, 7) is 1.28. The molecular weight excluding hydrogens is 562 g/mol. The number of carbonyl (C=O) groups is 7. The monoisotopic (exact) mass is 611 g/mol. The molecule has 0 radical (unpaired) electrons. The van der Waals surface area contributed by atoms with E-state index in [0.717, 1.165) is 38.5 Å². The maximum Gasteiger partial charge on any atom is 0.333 e. The van der Waals surface area contributed by atoms with Gasteiger partial charge in [-0.1, -0.05) is 64.2 Å². The zero-order valence-electron chi connectivity index (χ0n) is 25.3. The van der Waals surface area contributed by atoms with E-state index in [2.05, 4.69) is 15.4 Å². The van der Waals surface area contributed by atoms with Gasteiger partial charge in [0.05, 0.1) is 13.0 Å². The maximum absolute atomic E-state index is 12.2. The third kappa shape index (κ3) is 19.3. The first-order valence-corrected chi connectivity index (χ1v) is 15.6. The fourth-order valence-corrected chi connectivity index (χ4v) is 4.62. The molecule has 0 aliphatic carbocycles. The summed E-state index contributed by atoms with van der Waals surface area (Å²) in [5, 5.41) is 15.1. The number of rotatable bonds is 27. The van der Waals surface area contributed by atoms with Crippen LogP contribution in [0.2, 0.25) is 0 Å². The lowest BCUT2D eigenvalue weighted by Gasteiger charge is -2.15. The van der Waals surface area contributed by atoms with Crippen LogP contribution in [0.5, 0.6) is 0 Å². The van der Waals surface area contributed by atoms with Crippen LogP contribution in [0, 0.1) is 0 Å². The molecule has 43 heavy (non-hydrogen) atoms. The van der Waals surface area contributed by atoms with Crippen LogP contribution < -0.4 is 10.6 Å². The van der Waals surface area contributed by atoms with Crippen molar-refractivity contribution in [2.75, 3.05) is 13.2 Å². The van der Waals surface area contributed by atoms with Crippen molar-refractivity contribution < 1.29 is 48.2 Å². The lowest BCUT2D eigenvalue weighted by molar-refractivity contribution is -0.197. The number of carbonyl (C=O) groups excluding carboxylic acids is 6. The van der Waals surface area contributed by atoms with Crippen molar-refractivity contribution in [3.8, 4) is 0 Å². The summed E-state index contributed by atoms with van der Waals surface area (Å²) in [5.41, 5.74) is 0. The van der Waals surface area contributed by atoms with Crippen molar-refractivity contribution in [3.05, 3.63) is 0 Å². The van der Waals surface area contributed by atoms with Crippen LogP contribution in [-0.4, -0.2) is 71.4 Å². The van der Waals surface area contributed by atoms with E-state index in [1.807, 2.05) is 0 Å². The lowest BCUT2D eigenvalue weighted by Crippen LogP contribution is -2.40. The van der Waals surface area contributed by atoms with E-state index in [-0.39, 0.29) is 44.6 Å². The molecule has 0 spiro atoms. The van der Waals surface area contributed by atoms with Crippen molar-refractivity contribution in [2.45, 2.75) is 134 Å². The molecule has 1 fully saturated rings. The molecular formula is C30H49N3O10. The predicted octanol–water partition coefficient (Wildman–Crippen LogP) is 3.47. The summed E-state index contributed by atoms with van der Waals surface area (Å²) in [6.07, 6.45) is 14.1. The number of nitrogens with one attached hydrogen (secondary N) is 2. The van der Waals surface area contributed by atoms with Gasteiger partial charge in [-0.05, 0) is 32.1 Å². The number of hydroxylamine groups is 2. The Bertz CT molecular complexity index is 879. The maximum atomic E-state index is 12.2. The number of carboxylic acid groups (broad SMARTS) is 1. The fraction of sp³-hybridized carbons (Fsp3) is 0.767. The third-order valence-electron chi connectivity index (χ3n) is 7.11. The van der Waals surface area contributed by atoms with Crippen molar-refractivity contribution in [1.82, 2.24) is 15.7 Å². The number of ether oxygens (including phenoxy) is 1. The molecule has 1 rings (SSSR count). The van der Waals surface area contributed by atoms with E-state index in [1.54, 1.807) is 0 Å². The summed E-state index contributed by atoms with van der Waals surface area (Å²) in [7, 11) is 0. The Morgan fingerprint density at radius 3 is 1.86 bits per heavy atom. The van der Waals surface area contributed by atoms with Gasteiger partial charge in [-0.25, -0.2) is 9.59 Å². The molecule has 0 bridgehead atoms. The van der Waals surface area contributed by atoms with Crippen LogP contribution in [0.4, 0.5) is 0 Å². The number of carboxylic acids is 1. The summed E-state index contributed by atoms with van der Waals surface area (Å²) >= 11 is 0. The van der Waals surface area contributed by atoms with Gasteiger partial charge >= 0.3 is 11.9 Å². The predicted molar refractivity (Wildman–Crippen MR) is 155 cm³/mol. The first kappa shape index (κ1) is 37.5. The molecule has 4 amide bonds. The molecule has 0 aromatic carbocycles. The Balaban J connectivity index is 2.01. The van der Waals surface area contributed by atoms with Gasteiger partial charge in [-0.3, -0.25) is 24.0 Å². The summed E-state index contributed by atoms with van der Waals surface area (Å²) in [5.74, 6) is -3.82. The number of amides is 4. The Kier molecular flexibility index (Phi) is 20.9. The molecule has 1 aliphatic rings. The number of hydrogen-bond donors (Lipinski definition) is 3. The zero-order chi connectivity index (χ0) is 31.7. The van der Waals surface area contributed by atoms with Crippen molar-refractivity contribution in [1.29, 1.82) is 0 Å². The molecule has 1 saturated heterocycles. The minimum atomic E-state index is -1.10. The quantitative estimate of drug-likeness (QED) is 0.0705. The van der Waals surface area contributed by atoms with E-state index in [0.29, 0.717) is 37.4 Å². The van der Waals surface area contributed by atoms with Crippen molar-refractivity contribution in [3.63, 3.8) is 0 Å². The summed E-state index contributed by atoms with van der Waals surface area (Å²) in [6, 6.07) is -0.987. The number of nitrogens with zero attached hydrogens (tertiary/aromatic N) is 1. The topological polar surface area (TPSA) is 185 Å². The van der Waals surface area contributed by atoms with Gasteiger partial charge in [0.1, 0.15) is 6.04 Å². The molecule has 0 aromatic heterocycles. The van der Waals surface area contributed by atoms with Crippen LogP contribution in [0.15, 0.2) is 0 Å². The smallest absolute Gasteiger partial charge is 0.333 e. The average molecular weight is 612 g/mol. The van der Waals surface area contributed by atoms with Crippen LogP contribution >= 0.6 is 0 Å². The molecule has 13 heteroatoms. The minimum absolute atomic E-state index is 0.00860. The molecule has 0 saturated carbocycles. The van der Waals surface area contributed by atoms with E-state index in [1.165, 1.54) is 38.5 Å². The van der Waals surface area contributed by atoms with Gasteiger partial charge in [-0.15, -0.1) is 5.06 Å². The highest BCUT2D eigenvalue weighted by Crippen LogP contribution is 2.14. The highest BCUT2D eigenvalue weighted by atomic mass is 16.7. The Hall–Kier alpha value is -3.51. The van der Waals surface area contributed by atoms with Crippen LogP contribution in [0.1, 0.15) is 128 Å². The van der Waals surface area contributed by atoms with Crippen molar-refractivity contribution >= 4 is 42.0 Å².